The minimum absolute atomic E-state index is 0.0574. The van der Waals surface area contributed by atoms with E-state index in [0.29, 0.717) is 37.3 Å². The highest BCUT2D eigenvalue weighted by Crippen LogP contribution is 2.30. The number of aromatic nitrogens is 2. The molecule has 3 aromatic rings. The number of non-ortho nitro benzene ring substituents is 1. The summed E-state index contributed by atoms with van der Waals surface area (Å²) >= 11 is 0. The van der Waals surface area contributed by atoms with Gasteiger partial charge in [0, 0.05) is 37.3 Å². The van der Waals surface area contributed by atoms with E-state index in [1.165, 1.54) is 16.8 Å². The lowest BCUT2D eigenvalue weighted by atomic mass is 9.96. The third-order valence-corrected chi connectivity index (χ3v) is 5.52. The van der Waals surface area contributed by atoms with Crippen LogP contribution in [-0.4, -0.2) is 39.6 Å². The molecule has 4 rings (SSSR count). The molecule has 2 aromatic carbocycles. The van der Waals surface area contributed by atoms with E-state index in [1.54, 1.807) is 24.4 Å². The Labute approximate surface area is 183 Å². The number of carbonyl (C=O) groups excluding carboxylic acids is 2. The van der Waals surface area contributed by atoms with Gasteiger partial charge in [0.2, 0.25) is 5.91 Å². The van der Waals surface area contributed by atoms with Crippen LogP contribution in [0.4, 0.5) is 17.1 Å². The second kappa shape index (κ2) is 8.88. The third-order valence-electron chi connectivity index (χ3n) is 5.52. The van der Waals surface area contributed by atoms with E-state index in [4.69, 9.17) is 5.73 Å². The highest BCUT2D eigenvalue weighted by atomic mass is 16.6. The van der Waals surface area contributed by atoms with Crippen LogP contribution in [0.2, 0.25) is 0 Å². The number of carbonyl (C=O) groups is 2. The maximum absolute atomic E-state index is 12.8. The van der Waals surface area contributed by atoms with Crippen molar-refractivity contribution < 1.29 is 14.5 Å². The normalized spacial score (nSPS) is 14.2. The molecule has 0 unspecified atom stereocenters. The first-order valence-electron chi connectivity index (χ1n) is 10.2. The Morgan fingerprint density at radius 1 is 1.09 bits per heavy atom. The molecule has 164 valence electrons. The molecule has 1 fully saturated rings. The number of para-hydroxylation sites is 2. The van der Waals surface area contributed by atoms with Crippen molar-refractivity contribution in [1.82, 2.24) is 9.78 Å². The fourth-order valence-electron chi connectivity index (χ4n) is 3.78. The first-order chi connectivity index (χ1) is 15.4. The van der Waals surface area contributed by atoms with Gasteiger partial charge in [-0.25, -0.2) is 4.68 Å². The molecule has 1 aliphatic rings. The van der Waals surface area contributed by atoms with Gasteiger partial charge in [-0.1, -0.05) is 18.2 Å². The monoisotopic (exact) mass is 434 g/mol. The van der Waals surface area contributed by atoms with Crippen molar-refractivity contribution in [3.63, 3.8) is 0 Å². The summed E-state index contributed by atoms with van der Waals surface area (Å²) in [5.74, 6) is -0.787. The average Bonchev–Trinajstić information content (AvgIpc) is 3.30. The van der Waals surface area contributed by atoms with E-state index in [2.05, 4.69) is 15.3 Å². The van der Waals surface area contributed by atoms with Crippen LogP contribution >= 0.6 is 0 Å². The lowest BCUT2D eigenvalue weighted by Crippen LogP contribution is -2.38. The summed E-state index contributed by atoms with van der Waals surface area (Å²) in [6.07, 6.45) is 2.92. The van der Waals surface area contributed by atoms with Crippen LogP contribution in [0.3, 0.4) is 0 Å². The number of nitrogens with two attached hydrogens (primary N) is 1. The van der Waals surface area contributed by atoms with Gasteiger partial charge in [-0.2, -0.15) is 5.10 Å². The van der Waals surface area contributed by atoms with Crippen molar-refractivity contribution in [3.05, 3.63) is 76.6 Å². The molecule has 2 heterocycles. The summed E-state index contributed by atoms with van der Waals surface area (Å²) in [7, 11) is 0. The van der Waals surface area contributed by atoms with Crippen molar-refractivity contribution in [1.29, 1.82) is 0 Å². The zero-order chi connectivity index (χ0) is 22.7. The molecule has 0 radical (unpaired) electrons. The molecular weight excluding hydrogens is 412 g/mol. The average molecular weight is 434 g/mol. The summed E-state index contributed by atoms with van der Waals surface area (Å²) in [4.78, 5) is 36.9. The summed E-state index contributed by atoms with van der Waals surface area (Å²) in [6, 6.07) is 15.0. The molecule has 1 aromatic heterocycles. The molecule has 3 N–H and O–H groups in total. The largest absolute Gasteiger partial charge is 0.370 e. The van der Waals surface area contributed by atoms with E-state index in [9.17, 15) is 19.7 Å². The van der Waals surface area contributed by atoms with Gasteiger partial charge in [-0.3, -0.25) is 19.7 Å². The van der Waals surface area contributed by atoms with E-state index in [1.807, 2.05) is 24.3 Å². The molecule has 1 aliphatic heterocycles. The van der Waals surface area contributed by atoms with Crippen LogP contribution in [0.5, 0.6) is 0 Å². The fourth-order valence-corrected chi connectivity index (χ4v) is 3.78. The minimum Gasteiger partial charge on any atom is -0.370 e. The fraction of sp³-hybridized carbons (Fsp3) is 0.227. The Balaban J connectivity index is 1.49. The predicted octanol–water partition coefficient (Wildman–Crippen LogP) is 2.73. The van der Waals surface area contributed by atoms with E-state index in [-0.39, 0.29) is 23.2 Å². The van der Waals surface area contributed by atoms with Gasteiger partial charge in [-0.15, -0.1) is 0 Å². The number of nitro benzene ring substituents is 1. The van der Waals surface area contributed by atoms with Gasteiger partial charge >= 0.3 is 0 Å². The molecule has 10 heteroatoms. The van der Waals surface area contributed by atoms with Gasteiger partial charge in [0.05, 0.1) is 22.0 Å². The smallest absolute Gasteiger partial charge is 0.276 e. The maximum atomic E-state index is 12.8. The van der Waals surface area contributed by atoms with Crippen molar-refractivity contribution in [2.24, 2.45) is 11.7 Å². The zero-order valence-corrected chi connectivity index (χ0v) is 17.2. The number of hydrogen-bond donors (Lipinski definition) is 2. The van der Waals surface area contributed by atoms with Crippen LogP contribution in [0, 0.1) is 16.0 Å². The number of nitrogens with zero attached hydrogens (tertiary/aromatic N) is 4. The van der Waals surface area contributed by atoms with Crippen molar-refractivity contribution in [2.75, 3.05) is 23.3 Å². The summed E-state index contributed by atoms with van der Waals surface area (Å²) in [6.45, 7) is 1.34. The predicted molar refractivity (Wildman–Crippen MR) is 119 cm³/mol. The second-order valence-electron chi connectivity index (χ2n) is 7.56. The van der Waals surface area contributed by atoms with Gasteiger partial charge in [0.25, 0.3) is 11.6 Å². The lowest BCUT2D eigenvalue weighted by molar-refractivity contribution is -0.384. The van der Waals surface area contributed by atoms with E-state index < -0.39 is 10.8 Å². The van der Waals surface area contributed by atoms with Crippen LogP contribution in [0.1, 0.15) is 23.3 Å². The number of amides is 2. The Bertz CT molecular complexity index is 1170. The first kappa shape index (κ1) is 21.0. The third kappa shape index (κ3) is 4.43. The Morgan fingerprint density at radius 2 is 1.84 bits per heavy atom. The van der Waals surface area contributed by atoms with Crippen LogP contribution in [-0.2, 0) is 4.79 Å². The van der Waals surface area contributed by atoms with Crippen LogP contribution in [0.25, 0.3) is 5.69 Å². The molecule has 1 saturated heterocycles. The lowest BCUT2D eigenvalue weighted by Gasteiger charge is -2.33. The number of piperidine rings is 1. The van der Waals surface area contributed by atoms with Crippen molar-refractivity contribution in [3.8, 4) is 5.69 Å². The molecule has 10 nitrogen and oxygen atoms in total. The van der Waals surface area contributed by atoms with Crippen molar-refractivity contribution >= 4 is 28.9 Å². The number of primary amides is 1. The number of hydrogen-bond acceptors (Lipinski definition) is 6. The quantitative estimate of drug-likeness (QED) is 0.452. The Morgan fingerprint density at radius 3 is 2.56 bits per heavy atom. The summed E-state index contributed by atoms with van der Waals surface area (Å²) in [5, 5.41) is 18.2. The zero-order valence-electron chi connectivity index (χ0n) is 17.2. The number of nitro groups is 1. The van der Waals surface area contributed by atoms with Crippen LogP contribution in [0.15, 0.2) is 60.8 Å². The number of nitrogens with one attached hydrogen (secondary N) is 1. The van der Waals surface area contributed by atoms with E-state index >= 15 is 0 Å². The van der Waals surface area contributed by atoms with Gasteiger partial charge < -0.3 is 16.0 Å². The molecule has 0 aliphatic carbocycles. The number of anilines is 2. The van der Waals surface area contributed by atoms with Gasteiger partial charge in [0.1, 0.15) is 0 Å². The molecule has 0 saturated carbocycles. The highest BCUT2D eigenvalue weighted by Gasteiger charge is 2.25. The Kier molecular flexibility index (Phi) is 5.84. The van der Waals surface area contributed by atoms with Crippen LogP contribution < -0.4 is 16.0 Å². The minimum atomic E-state index is -0.482. The summed E-state index contributed by atoms with van der Waals surface area (Å²) < 4.78 is 1.42. The number of benzene rings is 2. The first-order valence-corrected chi connectivity index (χ1v) is 10.2. The van der Waals surface area contributed by atoms with Gasteiger partial charge in [-0.05, 0) is 37.1 Å². The number of rotatable bonds is 6. The highest BCUT2D eigenvalue weighted by molar-refractivity contribution is 6.04. The molecule has 0 atom stereocenters. The molecule has 0 bridgehead atoms. The standard InChI is InChI=1S/C22H22N6O4/c23-21(29)15-8-11-26(12-9-15)20-7-2-1-6-18(20)24-22(30)19-10-13-27(25-19)16-4-3-5-17(14-16)28(31)32/h1-7,10,13-15H,8-9,11-12H2,(H2,23,29)(H,24,30). The molecule has 32 heavy (non-hydrogen) atoms. The van der Waals surface area contributed by atoms with Gasteiger partial charge in [0.15, 0.2) is 5.69 Å². The summed E-state index contributed by atoms with van der Waals surface area (Å²) in [5.41, 5.74) is 7.53. The van der Waals surface area contributed by atoms with Crippen molar-refractivity contribution in [2.45, 2.75) is 12.8 Å². The van der Waals surface area contributed by atoms with E-state index in [0.717, 1.165) is 5.69 Å². The second-order valence-corrected chi connectivity index (χ2v) is 7.56. The SMILES string of the molecule is NC(=O)C1CCN(c2ccccc2NC(=O)c2ccn(-c3cccc([N+](=O)[O-])c3)n2)CC1. The molecule has 2 amide bonds. The molecule has 0 spiro atoms. The molecular formula is C22H22N6O4. The maximum Gasteiger partial charge on any atom is 0.276 e. The Hall–Kier alpha value is -4.21. The topological polar surface area (TPSA) is 136 Å².